The Morgan fingerprint density at radius 1 is 1.53 bits per heavy atom. The van der Waals surface area contributed by atoms with Gasteiger partial charge in [-0.15, -0.1) is 0 Å². The summed E-state index contributed by atoms with van der Waals surface area (Å²) in [5.74, 6) is 0.152. The van der Waals surface area contributed by atoms with E-state index in [2.05, 4.69) is 29.4 Å². The topological polar surface area (TPSA) is 44.4 Å². The number of nitrogens with zero attached hydrogens (tertiary/aromatic N) is 1. The number of amides is 1. The molecule has 0 aromatic heterocycles. The van der Waals surface area contributed by atoms with Crippen LogP contribution in [0.15, 0.2) is 0 Å². The highest BCUT2D eigenvalue weighted by Crippen LogP contribution is 2.06. The summed E-state index contributed by atoms with van der Waals surface area (Å²) in [4.78, 5) is 14.0. The summed E-state index contributed by atoms with van der Waals surface area (Å²) in [5, 5.41) is 6.49. The Hall–Kier alpha value is -0.610. The number of carbonyl (C=O) groups excluding carboxylic acids is 1. The van der Waals surface area contributed by atoms with Crippen LogP contribution in [0.2, 0.25) is 0 Å². The van der Waals surface area contributed by atoms with Crippen molar-refractivity contribution in [2.24, 2.45) is 0 Å². The maximum Gasteiger partial charge on any atom is 0.234 e. The zero-order chi connectivity index (χ0) is 12.7. The number of carbonyl (C=O) groups is 1. The van der Waals surface area contributed by atoms with Gasteiger partial charge in [-0.25, -0.2) is 0 Å². The molecular formula is C13H27N3O. The predicted octanol–water partition coefficient (Wildman–Crippen LogP) is 0.975. The van der Waals surface area contributed by atoms with Crippen molar-refractivity contribution in [1.82, 2.24) is 15.5 Å². The quantitative estimate of drug-likeness (QED) is 0.698. The lowest BCUT2D eigenvalue weighted by Crippen LogP contribution is -2.44. The Morgan fingerprint density at radius 3 is 2.82 bits per heavy atom. The molecule has 1 aliphatic heterocycles. The molecule has 17 heavy (non-hydrogen) atoms. The Bertz CT molecular complexity index is 227. The maximum absolute atomic E-state index is 11.8. The first kappa shape index (κ1) is 14.5. The van der Waals surface area contributed by atoms with Crippen molar-refractivity contribution < 1.29 is 4.79 Å². The molecule has 0 aromatic carbocycles. The standard InChI is InChI=1S/C13H27N3O/c1-4-11(3)15-13(17)10-16(5-2)9-12-7-6-8-14-12/h11-12,14H,4-10H2,1-3H3,(H,15,17). The normalized spacial score (nSPS) is 21.8. The van der Waals surface area contributed by atoms with Crippen LogP contribution in [0.5, 0.6) is 0 Å². The molecule has 0 aliphatic carbocycles. The summed E-state index contributed by atoms with van der Waals surface area (Å²) in [7, 11) is 0. The molecule has 4 heteroatoms. The molecule has 2 unspecified atom stereocenters. The highest BCUT2D eigenvalue weighted by molar-refractivity contribution is 5.78. The van der Waals surface area contributed by atoms with Gasteiger partial charge in [0.25, 0.3) is 0 Å². The van der Waals surface area contributed by atoms with Gasteiger partial charge < -0.3 is 10.6 Å². The molecule has 0 saturated carbocycles. The Balaban J connectivity index is 2.27. The third-order valence-electron chi connectivity index (χ3n) is 3.48. The molecule has 4 nitrogen and oxygen atoms in total. The highest BCUT2D eigenvalue weighted by Gasteiger charge is 2.18. The molecular weight excluding hydrogens is 214 g/mol. The molecule has 1 heterocycles. The van der Waals surface area contributed by atoms with Crippen molar-refractivity contribution in [3.05, 3.63) is 0 Å². The number of likely N-dealkylation sites (N-methyl/N-ethyl adjacent to an activating group) is 1. The number of rotatable bonds is 7. The van der Waals surface area contributed by atoms with Crippen LogP contribution >= 0.6 is 0 Å². The van der Waals surface area contributed by atoms with E-state index in [0.29, 0.717) is 12.6 Å². The van der Waals surface area contributed by atoms with Crippen molar-refractivity contribution in [2.75, 3.05) is 26.2 Å². The number of nitrogens with one attached hydrogen (secondary N) is 2. The van der Waals surface area contributed by atoms with Crippen LogP contribution in [-0.4, -0.2) is 49.1 Å². The van der Waals surface area contributed by atoms with E-state index in [1.54, 1.807) is 0 Å². The van der Waals surface area contributed by atoms with E-state index in [1.807, 2.05) is 6.92 Å². The van der Waals surface area contributed by atoms with Gasteiger partial charge in [-0.1, -0.05) is 13.8 Å². The summed E-state index contributed by atoms with van der Waals surface area (Å²) >= 11 is 0. The van der Waals surface area contributed by atoms with Crippen molar-refractivity contribution >= 4 is 5.91 Å². The van der Waals surface area contributed by atoms with Gasteiger partial charge in [0, 0.05) is 18.6 Å². The minimum atomic E-state index is 0.152. The van der Waals surface area contributed by atoms with Gasteiger partial charge in [0.1, 0.15) is 0 Å². The van der Waals surface area contributed by atoms with Crippen LogP contribution in [0.4, 0.5) is 0 Å². The second kappa shape index (κ2) is 7.67. The SMILES string of the molecule is CCC(C)NC(=O)CN(CC)CC1CCCN1. The zero-order valence-electron chi connectivity index (χ0n) is 11.5. The van der Waals surface area contributed by atoms with E-state index < -0.39 is 0 Å². The lowest BCUT2D eigenvalue weighted by atomic mass is 10.2. The average molecular weight is 241 g/mol. The highest BCUT2D eigenvalue weighted by atomic mass is 16.2. The molecule has 0 spiro atoms. The first-order valence-corrected chi connectivity index (χ1v) is 6.90. The van der Waals surface area contributed by atoms with Crippen molar-refractivity contribution in [2.45, 2.75) is 52.1 Å². The minimum absolute atomic E-state index is 0.152. The second-order valence-electron chi connectivity index (χ2n) is 5.00. The predicted molar refractivity (Wildman–Crippen MR) is 71.0 cm³/mol. The average Bonchev–Trinajstić information content (AvgIpc) is 2.80. The van der Waals surface area contributed by atoms with Crippen LogP contribution < -0.4 is 10.6 Å². The minimum Gasteiger partial charge on any atom is -0.353 e. The molecule has 1 saturated heterocycles. The molecule has 2 atom stereocenters. The first-order chi connectivity index (χ1) is 8.15. The molecule has 1 aliphatic rings. The Labute approximate surface area is 105 Å². The van der Waals surface area contributed by atoms with Gasteiger partial charge in [-0.3, -0.25) is 9.69 Å². The Morgan fingerprint density at radius 2 is 2.29 bits per heavy atom. The zero-order valence-corrected chi connectivity index (χ0v) is 11.5. The van der Waals surface area contributed by atoms with Crippen LogP contribution in [0.1, 0.15) is 40.0 Å². The second-order valence-corrected chi connectivity index (χ2v) is 5.00. The van der Waals surface area contributed by atoms with Crippen LogP contribution in [0, 0.1) is 0 Å². The third-order valence-corrected chi connectivity index (χ3v) is 3.48. The monoisotopic (exact) mass is 241 g/mol. The van der Waals surface area contributed by atoms with E-state index >= 15 is 0 Å². The fraction of sp³-hybridized carbons (Fsp3) is 0.923. The summed E-state index contributed by atoms with van der Waals surface area (Å²) in [6.45, 7) is 9.83. The molecule has 0 aromatic rings. The third kappa shape index (κ3) is 5.50. The first-order valence-electron chi connectivity index (χ1n) is 6.90. The molecule has 100 valence electrons. The smallest absolute Gasteiger partial charge is 0.234 e. The van der Waals surface area contributed by atoms with Gasteiger partial charge in [-0.2, -0.15) is 0 Å². The van der Waals surface area contributed by atoms with Crippen LogP contribution in [0.3, 0.4) is 0 Å². The van der Waals surface area contributed by atoms with E-state index in [9.17, 15) is 4.79 Å². The van der Waals surface area contributed by atoms with Gasteiger partial charge in [0.2, 0.25) is 5.91 Å². The van der Waals surface area contributed by atoms with Gasteiger partial charge >= 0.3 is 0 Å². The molecule has 2 N–H and O–H groups in total. The van der Waals surface area contributed by atoms with Crippen LogP contribution in [0.25, 0.3) is 0 Å². The Kier molecular flexibility index (Phi) is 6.52. The molecule has 0 bridgehead atoms. The van der Waals surface area contributed by atoms with E-state index in [0.717, 1.165) is 26.1 Å². The lowest BCUT2D eigenvalue weighted by Gasteiger charge is -2.24. The van der Waals surface area contributed by atoms with E-state index in [1.165, 1.54) is 12.8 Å². The van der Waals surface area contributed by atoms with Gasteiger partial charge in [0.05, 0.1) is 6.54 Å². The molecule has 1 amide bonds. The fourth-order valence-corrected chi connectivity index (χ4v) is 2.16. The molecule has 0 radical (unpaired) electrons. The van der Waals surface area contributed by atoms with Crippen molar-refractivity contribution in [1.29, 1.82) is 0 Å². The van der Waals surface area contributed by atoms with Gasteiger partial charge in [-0.05, 0) is 39.3 Å². The van der Waals surface area contributed by atoms with Crippen LogP contribution in [-0.2, 0) is 4.79 Å². The van der Waals surface area contributed by atoms with Crippen molar-refractivity contribution in [3.63, 3.8) is 0 Å². The number of hydrogen-bond acceptors (Lipinski definition) is 3. The van der Waals surface area contributed by atoms with E-state index in [4.69, 9.17) is 0 Å². The molecule has 1 fully saturated rings. The largest absolute Gasteiger partial charge is 0.353 e. The summed E-state index contributed by atoms with van der Waals surface area (Å²) in [6, 6.07) is 0.858. The fourth-order valence-electron chi connectivity index (χ4n) is 2.16. The van der Waals surface area contributed by atoms with Gasteiger partial charge in [0.15, 0.2) is 0 Å². The summed E-state index contributed by atoms with van der Waals surface area (Å²) in [6.07, 6.45) is 3.49. The molecule has 1 rings (SSSR count). The summed E-state index contributed by atoms with van der Waals surface area (Å²) < 4.78 is 0. The number of hydrogen-bond donors (Lipinski definition) is 2. The lowest BCUT2D eigenvalue weighted by molar-refractivity contribution is -0.122. The van der Waals surface area contributed by atoms with E-state index in [-0.39, 0.29) is 11.9 Å². The maximum atomic E-state index is 11.8. The van der Waals surface area contributed by atoms with Crippen molar-refractivity contribution in [3.8, 4) is 0 Å². The summed E-state index contributed by atoms with van der Waals surface area (Å²) in [5.41, 5.74) is 0.